The number of carbonyl (C=O) groups is 2. The van der Waals surface area contributed by atoms with Crippen LogP contribution in [-0.4, -0.2) is 36.0 Å². The highest BCUT2D eigenvalue weighted by Crippen LogP contribution is 2.32. The molecule has 3 heterocycles. The standard InChI is InChI=1S/C19H20N4O3/c1-12-18(24)22-15-11-13(6-7-16(15)26-12)21-19(25)14-5-4-8-20-17(14)23-9-2-3-10-23/h4-8,11-12H,2-3,9-10H2,1H3,(H,21,25)(H,22,24)/t12-/m0/s1. The van der Waals surface area contributed by atoms with E-state index in [4.69, 9.17) is 4.74 Å². The van der Waals surface area contributed by atoms with E-state index >= 15 is 0 Å². The minimum Gasteiger partial charge on any atom is -0.479 e. The minimum atomic E-state index is -0.527. The summed E-state index contributed by atoms with van der Waals surface area (Å²) in [5, 5.41) is 5.67. The lowest BCUT2D eigenvalue weighted by Gasteiger charge is -2.24. The molecule has 1 saturated heterocycles. The number of hydrogen-bond donors (Lipinski definition) is 2. The van der Waals surface area contributed by atoms with Crippen molar-refractivity contribution < 1.29 is 14.3 Å². The number of carbonyl (C=O) groups excluding carboxylic acids is 2. The molecule has 0 saturated carbocycles. The second-order valence-electron chi connectivity index (χ2n) is 6.48. The van der Waals surface area contributed by atoms with E-state index in [0.29, 0.717) is 28.5 Å². The Hall–Kier alpha value is -3.09. The Morgan fingerprint density at radius 1 is 1.31 bits per heavy atom. The number of hydrogen-bond acceptors (Lipinski definition) is 5. The maximum absolute atomic E-state index is 12.8. The fraction of sp³-hybridized carbons (Fsp3) is 0.316. The molecule has 7 nitrogen and oxygen atoms in total. The zero-order chi connectivity index (χ0) is 18.1. The zero-order valence-electron chi connectivity index (χ0n) is 14.5. The summed E-state index contributed by atoms with van der Waals surface area (Å²) in [6.07, 6.45) is 3.40. The molecular formula is C19H20N4O3. The van der Waals surface area contributed by atoms with Crippen LogP contribution in [0.4, 0.5) is 17.2 Å². The molecule has 1 aromatic carbocycles. The second-order valence-corrected chi connectivity index (χ2v) is 6.48. The van der Waals surface area contributed by atoms with Gasteiger partial charge in [-0.25, -0.2) is 4.98 Å². The summed E-state index contributed by atoms with van der Waals surface area (Å²) in [7, 11) is 0. The molecule has 0 aliphatic carbocycles. The van der Waals surface area contributed by atoms with Gasteiger partial charge in [0.15, 0.2) is 6.10 Å². The minimum absolute atomic E-state index is 0.204. The van der Waals surface area contributed by atoms with Crippen LogP contribution in [-0.2, 0) is 4.79 Å². The first-order valence-corrected chi connectivity index (χ1v) is 8.75. The number of nitrogens with one attached hydrogen (secondary N) is 2. The van der Waals surface area contributed by atoms with E-state index in [1.54, 1.807) is 43.5 Å². The maximum atomic E-state index is 12.8. The molecule has 2 amide bonds. The lowest BCUT2D eigenvalue weighted by atomic mass is 10.2. The molecule has 1 fully saturated rings. The molecule has 7 heteroatoms. The molecule has 0 bridgehead atoms. The van der Waals surface area contributed by atoms with Crippen LogP contribution < -0.4 is 20.3 Å². The van der Waals surface area contributed by atoms with Gasteiger partial charge >= 0.3 is 0 Å². The molecule has 2 aliphatic rings. The van der Waals surface area contributed by atoms with Gasteiger partial charge in [0.05, 0.1) is 11.3 Å². The van der Waals surface area contributed by atoms with Gasteiger partial charge in [0.2, 0.25) is 0 Å². The first kappa shape index (κ1) is 16.4. The Morgan fingerprint density at radius 2 is 2.12 bits per heavy atom. The van der Waals surface area contributed by atoms with E-state index in [2.05, 4.69) is 20.5 Å². The smallest absolute Gasteiger partial charge is 0.265 e. The first-order chi connectivity index (χ1) is 12.6. The Bertz CT molecular complexity index is 862. The fourth-order valence-corrected chi connectivity index (χ4v) is 3.24. The summed E-state index contributed by atoms with van der Waals surface area (Å²) in [5.74, 6) is 0.876. The van der Waals surface area contributed by atoms with E-state index in [9.17, 15) is 9.59 Å². The predicted octanol–water partition coefficient (Wildman–Crippen LogP) is 2.65. The Balaban J connectivity index is 1.56. The van der Waals surface area contributed by atoms with Crippen molar-refractivity contribution in [2.24, 2.45) is 0 Å². The first-order valence-electron chi connectivity index (χ1n) is 8.75. The molecule has 0 radical (unpaired) electrons. The Labute approximate surface area is 151 Å². The number of benzene rings is 1. The number of rotatable bonds is 3. The van der Waals surface area contributed by atoms with Crippen molar-refractivity contribution in [3.8, 4) is 5.75 Å². The third-order valence-electron chi connectivity index (χ3n) is 4.61. The predicted molar refractivity (Wildman–Crippen MR) is 98.8 cm³/mol. The van der Waals surface area contributed by atoms with E-state index in [0.717, 1.165) is 25.9 Å². The lowest BCUT2D eigenvalue weighted by Crippen LogP contribution is -2.34. The van der Waals surface area contributed by atoms with Crippen LogP contribution in [0.1, 0.15) is 30.1 Å². The molecule has 2 aromatic rings. The topological polar surface area (TPSA) is 83.6 Å². The van der Waals surface area contributed by atoms with Gasteiger partial charge in [-0.2, -0.15) is 0 Å². The maximum Gasteiger partial charge on any atom is 0.265 e. The summed E-state index contributed by atoms with van der Waals surface area (Å²) < 4.78 is 5.53. The van der Waals surface area contributed by atoms with Crippen LogP contribution in [0.3, 0.4) is 0 Å². The highest BCUT2D eigenvalue weighted by molar-refractivity contribution is 6.08. The number of ether oxygens (including phenoxy) is 1. The van der Waals surface area contributed by atoms with E-state index in [1.165, 1.54) is 0 Å². The van der Waals surface area contributed by atoms with Crippen LogP contribution in [0, 0.1) is 0 Å². The Morgan fingerprint density at radius 3 is 2.92 bits per heavy atom. The van der Waals surface area contributed by atoms with Crippen molar-refractivity contribution in [2.75, 3.05) is 28.6 Å². The fourth-order valence-electron chi connectivity index (χ4n) is 3.24. The summed E-state index contributed by atoms with van der Waals surface area (Å²) in [5.41, 5.74) is 1.68. The van der Waals surface area contributed by atoms with Crippen molar-refractivity contribution >= 4 is 29.0 Å². The van der Waals surface area contributed by atoms with Gasteiger partial charge < -0.3 is 20.3 Å². The summed E-state index contributed by atoms with van der Waals surface area (Å²) in [6.45, 7) is 3.52. The molecule has 2 aliphatic heterocycles. The summed E-state index contributed by atoms with van der Waals surface area (Å²) in [6, 6.07) is 8.74. The van der Waals surface area contributed by atoms with Gasteiger partial charge in [-0.15, -0.1) is 0 Å². The zero-order valence-corrected chi connectivity index (χ0v) is 14.5. The highest BCUT2D eigenvalue weighted by atomic mass is 16.5. The largest absolute Gasteiger partial charge is 0.479 e. The third kappa shape index (κ3) is 3.08. The van der Waals surface area contributed by atoms with Crippen LogP contribution in [0.2, 0.25) is 0 Å². The lowest BCUT2D eigenvalue weighted by molar-refractivity contribution is -0.122. The normalized spacial score (nSPS) is 18.7. The SMILES string of the molecule is C[C@@H]1Oc2ccc(NC(=O)c3cccnc3N3CCCC3)cc2NC1=O. The number of amides is 2. The second kappa shape index (κ2) is 6.67. The molecule has 0 unspecified atom stereocenters. The number of pyridine rings is 1. The highest BCUT2D eigenvalue weighted by Gasteiger charge is 2.24. The average Bonchev–Trinajstić information content (AvgIpc) is 3.17. The molecule has 4 rings (SSSR count). The van der Waals surface area contributed by atoms with Crippen molar-refractivity contribution in [2.45, 2.75) is 25.9 Å². The molecular weight excluding hydrogens is 332 g/mol. The number of nitrogens with zero attached hydrogens (tertiary/aromatic N) is 2. The number of fused-ring (bicyclic) bond motifs is 1. The van der Waals surface area contributed by atoms with Crippen molar-refractivity contribution in [1.82, 2.24) is 4.98 Å². The van der Waals surface area contributed by atoms with E-state index in [-0.39, 0.29) is 11.8 Å². The van der Waals surface area contributed by atoms with Gasteiger partial charge in [0.25, 0.3) is 11.8 Å². The van der Waals surface area contributed by atoms with Crippen molar-refractivity contribution in [3.63, 3.8) is 0 Å². The van der Waals surface area contributed by atoms with Gasteiger partial charge in [0, 0.05) is 25.0 Å². The van der Waals surface area contributed by atoms with Gasteiger partial charge in [-0.1, -0.05) is 0 Å². The third-order valence-corrected chi connectivity index (χ3v) is 4.61. The van der Waals surface area contributed by atoms with Crippen LogP contribution in [0.5, 0.6) is 5.75 Å². The van der Waals surface area contributed by atoms with Crippen LogP contribution in [0.15, 0.2) is 36.5 Å². The average molecular weight is 352 g/mol. The quantitative estimate of drug-likeness (QED) is 0.887. The number of aromatic nitrogens is 1. The molecule has 1 aromatic heterocycles. The van der Waals surface area contributed by atoms with Gasteiger partial charge in [-0.05, 0) is 50.1 Å². The van der Waals surface area contributed by atoms with Gasteiger partial charge in [0.1, 0.15) is 11.6 Å². The molecule has 2 N–H and O–H groups in total. The van der Waals surface area contributed by atoms with Crippen LogP contribution >= 0.6 is 0 Å². The van der Waals surface area contributed by atoms with Crippen LogP contribution in [0.25, 0.3) is 0 Å². The molecule has 0 spiro atoms. The number of anilines is 3. The molecule has 1 atom stereocenters. The molecule has 134 valence electrons. The van der Waals surface area contributed by atoms with E-state index in [1.807, 2.05) is 0 Å². The van der Waals surface area contributed by atoms with E-state index < -0.39 is 6.10 Å². The summed E-state index contributed by atoms with van der Waals surface area (Å²) >= 11 is 0. The monoisotopic (exact) mass is 352 g/mol. The summed E-state index contributed by atoms with van der Waals surface area (Å²) in [4.78, 5) is 31.1. The van der Waals surface area contributed by atoms with Crippen molar-refractivity contribution in [3.05, 3.63) is 42.1 Å². The Kier molecular flexibility index (Phi) is 4.20. The van der Waals surface area contributed by atoms with Gasteiger partial charge in [-0.3, -0.25) is 9.59 Å². The molecule has 26 heavy (non-hydrogen) atoms. The van der Waals surface area contributed by atoms with Crippen molar-refractivity contribution in [1.29, 1.82) is 0 Å².